The first-order chi connectivity index (χ1) is 7.99. The number of carbonyl (C=O) groups is 1. The molecule has 0 heterocycles. The van der Waals surface area contributed by atoms with Crippen molar-refractivity contribution in [2.24, 2.45) is 11.0 Å². The fraction of sp³-hybridized carbons (Fsp3) is 0.333. The zero-order chi connectivity index (χ0) is 12.8. The summed E-state index contributed by atoms with van der Waals surface area (Å²) in [4.78, 5) is 11.3. The van der Waals surface area contributed by atoms with E-state index >= 15 is 0 Å². The number of rotatable bonds is 4. The van der Waals surface area contributed by atoms with Gasteiger partial charge >= 0.3 is 0 Å². The smallest absolute Gasteiger partial charge is 0.240 e. The van der Waals surface area contributed by atoms with Crippen molar-refractivity contribution in [1.29, 1.82) is 0 Å². The van der Waals surface area contributed by atoms with Crippen molar-refractivity contribution in [2.45, 2.75) is 20.3 Å². The minimum atomic E-state index is -0.134. The Morgan fingerprint density at radius 2 is 2.29 bits per heavy atom. The number of amides is 1. The normalized spacial score (nSPS) is 11.1. The molecule has 1 rings (SSSR count). The van der Waals surface area contributed by atoms with Crippen LogP contribution >= 0.6 is 15.9 Å². The average molecular weight is 299 g/mol. The van der Waals surface area contributed by atoms with Gasteiger partial charge in [0.1, 0.15) is 5.75 Å². The molecule has 0 radical (unpaired) electrons. The van der Waals surface area contributed by atoms with Crippen molar-refractivity contribution in [3.05, 3.63) is 28.2 Å². The highest BCUT2D eigenvalue weighted by molar-refractivity contribution is 9.10. The number of hydrazone groups is 1. The maximum Gasteiger partial charge on any atom is 0.240 e. The molecule has 1 aromatic rings. The van der Waals surface area contributed by atoms with Gasteiger partial charge in [-0.2, -0.15) is 5.10 Å². The van der Waals surface area contributed by atoms with Crippen molar-refractivity contribution in [3.63, 3.8) is 0 Å². The summed E-state index contributed by atoms with van der Waals surface area (Å²) in [6.45, 7) is 3.92. The summed E-state index contributed by atoms with van der Waals surface area (Å²) in [6.07, 6.45) is 1.85. The van der Waals surface area contributed by atoms with Crippen LogP contribution in [-0.2, 0) is 4.79 Å². The van der Waals surface area contributed by atoms with Crippen LogP contribution in [0, 0.1) is 5.92 Å². The maximum atomic E-state index is 11.3. The Balaban J connectivity index is 2.59. The molecule has 0 aromatic heterocycles. The number of nitrogens with one attached hydrogen (secondary N) is 1. The van der Waals surface area contributed by atoms with Crippen LogP contribution < -0.4 is 5.43 Å². The topological polar surface area (TPSA) is 61.7 Å². The summed E-state index contributed by atoms with van der Waals surface area (Å²) in [5, 5.41) is 13.3. The Hall–Kier alpha value is -1.36. The van der Waals surface area contributed by atoms with E-state index in [1.807, 2.05) is 13.8 Å². The van der Waals surface area contributed by atoms with Crippen molar-refractivity contribution >= 4 is 28.1 Å². The van der Waals surface area contributed by atoms with Gasteiger partial charge in [-0.3, -0.25) is 4.79 Å². The van der Waals surface area contributed by atoms with E-state index in [9.17, 15) is 9.90 Å². The highest BCUT2D eigenvalue weighted by atomic mass is 79.9. The van der Waals surface area contributed by atoms with Gasteiger partial charge in [0.05, 0.1) is 6.21 Å². The second-order valence-electron chi connectivity index (χ2n) is 4.09. The number of nitrogens with zero attached hydrogens (tertiary/aromatic N) is 1. The summed E-state index contributed by atoms with van der Waals surface area (Å²) < 4.78 is 0.838. The zero-order valence-corrected chi connectivity index (χ0v) is 11.4. The molecule has 2 N–H and O–H groups in total. The minimum Gasteiger partial charge on any atom is -0.507 e. The number of aromatic hydroxyl groups is 1. The molecular formula is C12H15BrN2O2. The van der Waals surface area contributed by atoms with Crippen molar-refractivity contribution in [2.75, 3.05) is 0 Å². The first kappa shape index (κ1) is 13.7. The lowest BCUT2D eigenvalue weighted by Gasteiger charge is -2.02. The molecule has 5 heteroatoms. The molecule has 0 atom stereocenters. The SMILES string of the molecule is CC(C)CC(=O)NN=Cc1cc(Br)ccc1O. The average Bonchev–Trinajstić information content (AvgIpc) is 2.22. The molecule has 0 unspecified atom stereocenters. The Kier molecular flexibility index (Phi) is 5.15. The molecule has 1 amide bonds. The fourth-order valence-electron chi connectivity index (χ4n) is 1.22. The Morgan fingerprint density at radius 3 is 2.94 bits per heavy atom. The molecule has 0 saturated carbocycles. The standard InChI is InChI=1S/C12H15BrN2O2/c1-8(2)5-12(17)15-14-7-9-6-10(13)3-4-11(9)16/h3-4,6-8,16H,5H2,1-2H3,(H,15,17). The van der Waals surface area contributed by atoms with Gasteiger partial charge in [-0.05, 0) is 24.1 Å². The van der Waals surface area contributed by atoms with Gasteiger partial charge in [-0.15, -0.1) is 0 Å². The summed E-state index contributed by atoms with van der Waals surface area (Å²) >= 11 is 3.29. The van der Waals surface area contributed by atoms with Crippen molar-refractivity contribution < 1.29 is 9.90 Å². The zero-order valence-electron chi connectivity index (χ0n) is 9.77. The largest absolute Gasteiger partial charge is 0.507 e. The molecule has 0 saturated heterocycles. The number of halogens is 1. The highest BCUT2D eigenvalue weighted by Gasteiger charge is 2.03. The third-order valence-corrected chi connectivity index (χ3v) is 2.47. The lowest BCUT2D eigenvalue weighted by molar-refractivity contribution is -0.121. The molecule has 1 aromatic carbocycles. The second-order valence-corrected chi connectivity index (χ2v) is 5.01. The van der Waals surface area contributed by atoms with E-state index in [4.69, 9.17) is 0 Å². The van der Waals surface area contributed by atoms with E-state index in [0.29, 0.717) is 17.9 Å². The van der Waals surface area contributed by atoms with Crippen molar-refractivity contribution in [3.8, 4) is 5.75 Å². The van der Waals surface area contributed by atoms with Crippen LogP contribution in [0.2, 0.25) is 0 Å². The number of phenolic OH excluding ortho intramolecular Hbond substituents is 1. The van der Waals surface area contributed by atoms with Gasteiger partial charge in [0, 0.05) is 16.5 Å². The molecule has 0 aliphatic rings. The van der Waals surface area contributed by atoms with Crippen LogP contribution in [0.15, 0.2) is 27.8 Å². The molecular weight excluding hydrogens is 284 g/mol. The van der Waals surface area contributed by atoms with Gasteiger partial charge in [0.25, 0.3) is 0 Å². The first-order valence-corrected chi connectivity index (χ1v) is 6.08. The minimum absolute atomic E-state index is 0.120. The summed E-state index contributed by atoms with van der Waals surface area (Å²) in [6, 6.07) is 5.00. The van der Waals surface area contributed by atoms with Gasteiger partial charge in [-0.25, -0.2) is 5.43 Å². The van der Waals surface area contributed by atoms with E-state index in [1.165, 1.54) is 6.21 Å². The number of benzene rings is 1. The van der Waals surface area contributed by atoms with Crippen LogP contribution in [0.1, 0.15) is 25.8 Å². The summed E-state index contributed by atoms with van der Waals surface area (Å²) in [5.41, 5.74) is 2.96. The summed E-state index contributed by atoms with van der Waals surface area (Å²) in [5.74, 6) is 0.283. The first-order valence-electron chi connectivity index (χ1n) is 5.29. The molecule has 0 bridgehead atoms. The number of hydrogen-bond donors (Lipinski definition) is 2. The van der Waals surface area contributed by atoms with Crippen LogP contribution in [0.4, 0.5) is 0 Å². The maximum absolute atomic E-state index is 11.3. The van der Waals surface area contributed by atoms with E-state index in [-0.39, 0.29) is 11.7 Å². The van der Waals surface area contributed by atoms with Crippen LogP contribution in [0.5, 0.6) is 5.75 Å². The molecule has 17 heavy (non-hydrogen) atoms. The Labute approximate surface area is 109 Å². The van der Waals surface area contributed by atoms with E-state index < -0.39 is 0 Å². The van der Waals surface area contributed by atoms with Crippen molar-refractivity contribution in [1.82, 2.24) is 5.43 Å². The van der Waals surface area contributed by atoms with Gasteiger partial charge in [-0.1, -0.05) is 29.8 Å². The third-order valence-electron chi connectivity index (χ3n) is 1.98. The predicted octanol–water partition coefficient (Wildman–Crippen LogP) is 2.65. The van der Waals surface area contributed by atoms with Gasteiger partial charge in [0.15, 0.2) is 0 Å². The number of carbonyl (C=O) groups excluding carboxylic acids is 1. The van der Waals surface area contributed by atoms with Gasteiger partial charge < -0.3 is 5.11 Å². The molecule has 0 spiro atoms. The molecule has 0 aliphatic heterocycles. The van der Waals surface area contributed by atoms with Gasteiger partial charge in [0.2, 0.25) is 5.91 Å². The lowest BCUT2D eigenvalue weighted by Crippen LogP contribution is -2.19. The third kappa shape index (κ3) is 4.99. The Morgan fingerprint density at radius 1 is 1.59 bits per heavy atom. The van der Waals surface area contributed by atoms with E-state index in [0.717, 1.165) is 4.47 Å². The predicted molar refractivity (Wildman–Crippen MR) is 71.0 cm³/mol. The second kappa shape index (κ2) is 6.39. The monoisotopic (exact) mass is 298 g/mol. The van der Waals surface area contributed by atoms with E-state index in [1.54, 1.807) is 18.2 Å². The van der Waals surface area contributed by atoms with Crippen LogP contribution in [0.3, 0.4) is 0 Å². The molecule has 4 nitrogen and oxygen atoms in total. The van der Waals surface area contributed by atoms with Crippen LogP contribution in [-0.4, -0.2) is 17.2 Å². The number of phenols is 1. The Bertz CT molecular complexity index is 431. The fourth-order valence-corrected chi connectivity index (χ4v) is 1.60. The molecule has 0 aliphatic carbocycles. The highest BCUT2D eigenvalue weighted by Crippen LogP contribution is 2.19. The molecule has 0 fully saturated rings. The van der Waals surface area contributed by atoms with E-state index in [2.05, 4.69) is 26.5 Å². The summed E-state index contributed by atoms with van der Waals surface area (Å²) in [7, 11) is 0. The molecule has 92 valence electrons. The lowest BCUT2D eigenvalue weighted by atomic mass is 10.1. The van der Waals surface area contributed by atoms with Crippen LogP contribution in [0.25, 0.3) is 0 Å². The quantitative estimate of drug-likeness (QED) is 0.663. The number of hydrogen-bond acceptors (Lipinski definition) is 3.